The van der Waals surface area contributed by atoms with Crippen LogP contribution in [0.5, 0.6) is 0 Å². The number of hydrogen-bond donors (Lipinski definition) is 0. The van der Waals surface area contributed by atoms with Gasteiger partial charge in [0.1, 0.15) is 0 Å². The summed E-state index contributed by atoms with van der Waals surface area (Å²) in [6.45, 7) is 7.88. The Kier molecular flexibility index (Phi) is 10.4. The molecular formula is C12H24NO. The van der Waals surface area contributed by atoms with Crippen LogP contribution in [0.2, 0.25) is 0 Å². The molecule has 0 aromatic carbocycles. The lowest BCUT2D eigenvalue weighted by atomic mass is 10.2. The molecule has 0 saturated carbocycles. The molecule has 0 saturated heterocycles. The Hall–Kier alpha value is -0.370. The Balaban J connectivity index is 3.54. The van der Waals surface area contributed by atoms with Gasteiger partial charge in [-0.2, -0.15) is 0 Å². The molecule has 0 bridgehead atoms. The molecule has 1 radical (unpaired) electrons. The zero-order chi connectivity index (χ0) is 10.6. The van der Waals surface area contributed by atoms with Crippen molar-refractivity contribution in [3.63, 3.8) is 0 Å². The molecule has 0 heterocycles. The minimum absolute atomic E-state index is 0.592. The van der Waals surface area contributed by atoms with Crippen molar-refractivity contribution < 1.29 is 4.79 Å². The van der Waals surface area contributed by atoms with E-state index in [1.807, 2.05) is 6.29 Å². The van der Waals surface area contributed by atoms with Crippen LogP contribution < -0.4 is 0 Å². The van der Waals surface area contributed by atoms with Gasteiger partial charge in [0.2, 0.25) is 0 Å². The van der Waals surface area contributed by atoms with E-state index in [-0.39, 0.29) is 0 Å². The lowest BCUT2D eigenvalue weighted by Crippen LogP contribution is -2.27. The summed E-state index contributed by atoms with van der Waals surface area (Å²) in [5.41, 5.74) is 0. The van der Waals surface area contributed by atoms with Gasteiger partial charge in [0.25, 0.3) is 0 Å². The number of carbonyl (C=O) groups excluding carboxylic acids is 1. The highest BCUT2D eigenvalue weighted by atomic mass is 16.1. The van der Waals surface area contributed by atoms with Gasteiger partial charge in [-0.15, -0.1) is 0 Å². The Morgan fingerprint density at radius 3 is 1.86 bits per heavy atom. The largest absolute Gasteiger partial charge is 0.303 e. The first-order valence-corrected chi connectivity index (χ1v) is 5.92. The molecule has 0 aliphatic carbocycles. The van der Waals surface area contributed by atoms with E-state index in [0.717, 1.165) is 13.0 Å². The van der Waals surface area contributed by atoms with Crippen LogP contribution in [-0.2, 0) is 4.79 Å². The zero-order valence-electron chi connectivity index (χ0n) is 9.72. The molecular weight excluding hydrogens is 174 g/mol. The lowest BCUT2D eigenvalue weighted by Gasteiger charge is -2.21. The number of unbranched alkanes of at least 4 members (excludes halogenated alkanes) is 3. The SMILES string of the molecule is CCCCN(CCCC)CCC[C]=O. The summed E-state index contributed by atoms with van der Waals surface area (Å²) in [4.78, 5) is 12.5. The van der Waals surface area contributed by atoms with Gasteiger partial charge in [-0.3, -0.25) is 4.79 Å². The Bertz CT molecular complexity index is 117. The summed E-state index contributed by atoms with van der Waals surface area (Å²) in [6.07, 6.45) is 8.57. The molecule has 0 fully saturated rings. The van der Waals surface area contributed by atoms with Gasteiger partial charge in [0.05, 0.1) is 0 Å². The van der Waals surface area contributed by atoms with Gasteiger partial charge in [0, 0.05) is 6.42 Å². The van der Waals surface area contributed by atoms with E-state index in [0.29, 0.717) is 6.42 Å². The summed E-state index contributed by atoms with van der Waals surface area (Å²) in [5.74, 6) is 0. The van der Waals surface area contributed by atoms with E-state index >= 15 is 0 Å². The molecule has 0 spiro atoms. The minimum Gasteiger partial charge on any atom is -0.303 e. The molecule has 0 rings (SSSR count). The second-order valence-electron chi connectivity index (χ2n) is 3.80. The molecule has 2 nitrogen and oxygen atoms in total. The van der Waals surface area contributed by atoms with E-state index < -0.39 is 0 Å². The second kappa shape index (κ2) is 10.7. The van der Waals surface area contributed by atoms with Crippen molar-refractivity contribution in [1.29, 1.82) is 0 Å². The first kappa shape index (κ1) is 13.6. The van der Waals surface area contributed by atoms with Crippen molar-refractivity contribution >= 4 is 6.29 Å². The standard InChI is InChI=1S/C12H24NO/c1-3-5-9-13(10-6-4-2)11-7-8-12-14/h3-11H2,1-2H3. The molecule has 0 amide bonds. The lowest BCUT2D eigenvalue weighted by molar-refractivity contribution is 0.263. The van der Waals surface area contributed by atoms with Crippen LogP contribution in [-0.4, -0.2) is 30.8 Å². The highest BCUT2D eigenvalue weighted by Crippen LogP contribution is 2.01. The van der Waals surface area contributed by atoms with E-state index in [4.69, 9.17) is 0 Å². The van der Waals surface area contributed by atoms with E-state index in [1.165, 1.54) is 38.8 Å². The average Bonchev–Trinajstić information content (AvgIpc) is 2.21. The summed E-state index contributed by atoms with van der Waals surface area (Å²) >= 11 is 0. The van der Waals surface area contributed by atoms with Crippen LogP contribution in [0.3, 0.4) is 0 Å². The second-order valence-corrected chi connectivity index (χ2v) is 3.80. The van der Waals surface area contributed by atoms with E-state index in [2.05, 4.69) is 18.7 Å². The quantitative estimate of drug-likeness (QED) is 0.503. The predicted octanol–water partition coefficient (Wildman–Crippen LogP) is 2.78. The zero-order valence-corrected chi connectivity index (χ0v) is 9.72. The fourth-order valence-corrected chi connectivity index (χ4v) is 1.47. The Labute approximate surface area is 88.7 Å². The number of hydrogen-bond acceptors (Lipinski definition) is 2. The smallest absolute Gasteiger partial charge is 0.198 e. The monoisotopic (exact) mass is 198 g/mol. The molecule has 0 unspecified atom stereocenters. The molecule has 83 valence electrons. The fraction of sp³-hybridized carbons (Fsp3) is 0.917. The Morgan fingerprint density at radius 2 is 1.43 bits per heavy atom. The molecule has 0 aromatic rings. The van der Waals surface area contributed by atoms with Gasteiger partial charge < -0.3 is 4.90 Å². The van der Waals surface area contributed by atoms with Crippen molar-refractivity contribution in [3.8, 4) is 0 Å². The summed E-state index contributed by atoms with van der Waals surface area (Å²) in [7, 11) is 0. The topological polar surface area (TPSA) is 20.3 Å². The third-order valence-electron chi connectivity index (χ3n) is 2.41. The van der Waals surface area contributed by atoms with E-state index in [9.17, 15) is 4.79 Å². The highest BCUT2D eigenvalue weighted by Gasteiger charge is 2.02. The third-order valence-corrected chi connectivity index (χ3v) is 2.41. The maximum atomic E-state index is 10.1. The molecule has 2 heteroatoms. The van der Waals surface area contributed by atoms with Crippen LogP contribution in [0, 0.1) is 0 Å². The third kappa shape index (κ3) is 8.24. The molecule has 0 aromatic heterocycles. The van der Waals surface area contributed by atoms with Gasteiger partial charge >= 0.3 is 0 Å². The van der Waals surface area contributed by atoms with Gasteiger partial charge in [0.15, 0.2) is 6.29 Å². The van der Waals surface area contributed by atoms with E-state index in [1.54, 1.807) is 0 Å². The predicted molar refractivity (Wildman–Crippen MR) is 61.2 cm³/mol. The van der Waals surface area contributed by atoms with Crippen LogP contribution in [0.25, 0.3) is 0 Å². The van der Waals surface area contributed by atoms with Gasteiger partial charge in [-0.25, -0.2) is 0 Å². The van der Waals surface area contributed by atoms with Crippen molar-refractivity contribution in [1.82, 2.24) is 4.90 Å². The minimum atomic E-state index is 0.592. The number of rotatable bonds is 10. The summed E-state index contributed by atoms with van der Waals surface area (Å²) < 4.78 is 0. The first-order chi connectivity index (χ1) is 6.85. The van der Waals surface area contributed by atoms with Crippen molar-refractivity contribution in [2.45, 2.75) is 52.4 Å². The van der Waals surface area contributed by atoms with Crippen LogP contribution in [0.4, 0.5) is 0 Å². The van der Waals surface area contributed by atoms with Gasteiger partial charge in [-0.05, 0) is 38.9 Å². The maximum Gasteiger partial charge on any atom is 0.198 e. The van der Waals surface area contributed by atoms with Crippen molar-refractivity contribution in [2.75, 3.05) is 19.6 Å². The van der Waals surface area contributed by atoms with Crippen LogP contribution >= 0.6 is 0 Å². The maximum absolute atomic E-state index is 10.1. The molecule has 0 N–H and O–H groups in total. The summed E-state index contributed by atoms with van der Waals surface area (Å²) in [6, 6.07) is 0. The Morgan fingerprint density at radius 1 is 0.929 bits per heavy atom. The molecule has 14 heavy (non-hydrogen) atoms. The van der Waals surface area contributed by atoms with Crippen molar-refractivity contribution in [3.05, 3.63) is 0 Å². The van der Waals surface area contributed by atoms with Gasteiger partial charge in [-0.1, -0.05) is 26.7 Å². The molecule has 0 aliphatic rings. The summed E-state index contributed by atoms with van der Waals surface area (Å²) in [5, 5.41) is 0. The molecule has 0 aliphatic heterocycles. The normalized spacial score (nSPS) is 10.8. The first-order valence-electron chi connectivity index (χ1n) is 5.92. The van der Waals surface area contributed by atoms with Crippen molar-refractivity contribution in [2.24, 2.45) is 0 Å². The van der Waals surface area contributed by atoms with Crippen LogP contribution in [0.15, 0.2) is 0 Å². The fourth-order valence-electron chi connectivity index (χ4n) is 1.47. The van der Waals surface area contributed by atoms with Crippen LogP contribution in [0.1, 0.15) is 52.4 Å². The average molecular weight is 198 g/mol. The highest BCUT2D eigenvalue weighted by molar-refractivity contribution is 5.50. The number of nitrogens with zero attached hydrogens (tertiary/aromatic N) is 1. The molecule has 0 atom stereocenters.